The molecular formula is C24H27BrFNO6S. The van der Waals surface area contributed by atoms with Gasteiger partial charge >= 0.3 is 5.97 Å². The highest BCUT2D eigenvalue weighted by atomic mass is 79.9. The number of hydrogen-bond donors (Lipinski definition) is 0. The molecule has 1 aliphatic heterocycles. The maximum absolute atomic E-state index is 13.7. The van der Waals surface area contributed by atoms with Crippen molar-refractivity contribution in [2.75, 3.05) is 10.8 Å². The molecule has 0 fully saturated rings. The Morgan fingerprint density at radius 3 is 2.53 bits per heavy atom. The van der Waals surface area contributed by atoms with Gasteiger partial charge in [0.05, 0.1) is 28.0 Å². The minimum absolute atomic E-state index is 0.0221. The summed E-state index contributed by atoms with van der Waals surface area (Å²) in [6.45, 7) is 6.73. The van der Waals surface area contributed by atoms with Gasteiger partial charge in [0.1, 0.15) is 29.1 Å². The van der Waals surface area contributed by atoms with Gasteiger partial charge in [-0.05, 0) is 85.9 Å². The lowest BCUT2D eigenvalue weighted by Crippen LogP contribution is -2.43. The van der Waals surface area contributed by atoms with Crippen LogP contribution >= 0.6 is 15.9 Å². The Hall–Kier alpha value is -2.46. The average Bonchev–Trinajstić information content (AvgIpc) is 2.72. The molecule has 0 saturated heterocycles. The zero-order chi connectivity index (χ0) is 25.3. The SMILES string of the molecule is CC(=O)CC[C@H]1CN(S(=O)(=O)c2ccc(F)c(Br)c2)c2cc(CC(=O)OC(C)(C)C)ccc2O1. The molecule has 1 aliphatic rings. The lowest BCUT2D eigenvalue weighted by Gasteiger charge is -2.36. The van der Waals surface area contributed by atoms with Crippen LogP contribution in [-0.4, -0.2) is 38.4 Å². The number of ketones is 1. The summed E-state index contributed by atoms with van der Waals surface area (Å²) in [6.07, 6.45) is -0.0130. The van der Waals surface area contributed by atoms with Gasteiger partial charge in [-0.25, -0.2) is 12.8 Å². The summed E-state index contributed by atoms with van der Waals surface area (Å²) in [7, 11) is -4.10. The fraction of sp³-hybridized carbons (Fsp3) is 0.417. The number of nitrogens with zero attached hydrogens (tertiary/aromatic N) is 1. The second-order valence-corrected chi connectivity index (χ2v) is 11.9. The molecule has 0 aromatic heterocycles. The summed E-state index contributed by atoms with van der Waals surface area (Å²) >= 11 is 3.04. The predicted molar refractivity (Wildman–Crippen MR) is 129 cm³/mol. The summed E-state index contributed by atoms with van der Waals surface area (Å²) in [6, 6.07) is 8.34. The molecule has 7 nitrogen and oxygen atoms in total. The number of anilines is 1. The van der Waals surface area contributed by atoms with Crippen molar-refractivity contribution >= 4 is 43.4 Å². The standard InChI is InChI=1S/C24H27BrFNO6S/c1-15(28)5-7-17-14-27(34(30,31)18-8-9-20(26)19(25)13-18)21-11-16(6-10-22(21)32-17)12-23(29)33-24(2,3)4/h6,8-11,13,17H,5,7,12,14H2,1-4H3/t17-/m0/s1. The molecule has 0 spiro atoms. The largest absolute Gasteiger partial charge is 0.486 e. The third-order valence-electron chi connectivity index (χ3n) is 5.02. The van der Waals surface area contributed by atoms with Crippen LogP contribution in [0.5, 0.6) is 5.75 Å². The molecule has 0 unspecified atom stereocenters. The first kappa shape index (κ1) is 26.2. The van der Waals surface area contributed by atoms with Crippen LogP contribution in [-0.2, 0) is 30.8 Å². The molecule has 0 N–H and O–H groups in total. The van der Waals surface area contributed by atoms with Gasteiger partial charge < -0.3 is 14.3 Å². The smallest absolute Gasteiger partial charge is 0.310 e. The molecule has 0 saturated carbocycles. The average molecular weight is 556 g/mol. The summed E-state index contributed by atoms with van der Waals surface area (Å²) in [5.74, 6) is -0.739. The van der Waals surface area contributed by atoms with Gasteiger partial charge in [-0.15, -0.1) is 0 Å². The number of carbonyl (C=O) groups excluding carboxylic acids is 2. The van der Waals surface area contributed by atoms with Gasteiger partial charge in [-0.3, -0.25) is 9.10 Å². The predicted octanol–water partition coefficient (Wildman–Crippen LogP) is 4.80. The topological polar surface area (TPSA) is 90.0 Å². The van der Waals surface area contributed by atoms with Crippen LogP contribution in [0.25, 0.3) is 0 Å². The van der Waals surface area contributed by atoms with Crippen LogP contribution in [0.15, 0.2) is 45.8 Å². The Bertz CT molecular complexity index is 1210. The lowest BCUT2D eigenvalue weighted by molar-refractivity contribution is -0.153. The number of Topliss-reactive ketones (excluding diaryl/α,β-unsaturated/α-hetero) is 1. The minimum atomic E-state index is -4.10. The van der Waals surface area contributed by atoms with Crippen LogP contribution < -0.4 is 9.04 Å². The van der Waals surface area contributed by atoms with Gasteiger partial charge in [-0.1, -0.05) is 6.07 Å². The van der Waals surface area contributed by atoms with Crippen molar-refractivity contribution in [2.45, 2.75) is 63.6 Å². The van der Waals surface area contributed by atoms with Crippen molar-refractivity contribution in [3.05, 3.63) is 52.3 Å². The van der Waals surface area contributed by atoms with Gasteiger partial charge in [0.2, 0.25) is 0 Å². The molecule has 2 aromatic carbocycles. The molecular weight excluding hydrogens is 529 g/mol. The molecule has 3 rings (SSSR count). The maximum Gasteiger partial charge on any atom is 0.310 e. The molecule has 1 atom stereocenters. The van der Waals surface area contributed by atoms with Crippen molar-refractivity contribution in [1.29, 1.82) is 0 Å². The summed E-state index contributed by atoms with van der Waals surface area (Å²) in [5, 5.41) is 0. The van der Waals surface area contributed by atoms with E-state index >= 15 is 0 Å². The summed E-state index contributed by atoms with van der Waals surface area (Å²) in [5.41, 5.74) is 0.170. The molecule has 0 aliphatic carbocycles. The highest BCUT2D eigenvalue weighted by molar-refractivity contribution is 9.10. The number of sulfonamides is 1. The first-order chi connectivity index (χ1) is 15.8. The zero-order valence-electron chi connectivity index (χ0n) is 19.4. The minimum Gasteiger partial charge on any atom is -0.486 e. The Morgan fingerprint density at radius 2 is 1.91 bits per heavy atom. The molecule has 34 heavy (non-hydrogen) atoms. The summed E-state index contributed by atoms with van der Waals surface area (Å²) in [4.78, 5) is 23.7. The second-order valence-electron chi connectivity index (χ2n) is 9.16. The van der Waals surface area contributed by atoms with Gasteiger partial charge in [0.15, 0.2) is 0 Å². The number of benzene rings is 2. The number of esters is 1. The van der Waals surface area contributed by atoms with E-state index in [4.69, 9.17) is 9.47 Å². The Kier molecular flexibility index (Phi) is 7.72. The molecule has 0 radical (unpaired) electrons. The Labute approximate surface area is 207 Å². The van der Waals surface area contributed by atoms with Crippen molar-refractivity contribution in [2.24, 2.45) is 0 Å². The Balaban J connectivity index is 2.00. The highest BCUT2D eigenvalue weighted by Crippen LogP contribution is 2.39. The van der Waals surface area contributed by atoms with Crippen molar-refractivity contribution in [3.8, 4) is 5.75 Å². The highest BCUT2D eigenvalue weighted by Gasteiger charge is 2.35. The van der Waals surface area contributed by atoms with Gasteiger partial charge in [-0.2, -0.15) is 0 Å². The van der Waals surface area contributed by atoms with E-state index in [2.05, 4.69) is 15.9 Å². The van der Waals surface area contributed by atoms with Crippen LogP contribution in [0.4, 0.5) is 10.1 Å². The van der Waals surface area contributed by atoms with Crippen LogP contribution in [0.3, 0.4) is 0 Å². The van der Waals surface area contributed by atoms with E-state index in [0.29, 0.717) is 17.7 Å². The first-order valence-corrected chi connectivity index (χ1v) is 13.0. The van der Waals surface area contributed by atoms with Crippen molar-refractivity contribution < 1.29 is 31.9 Å². The van der Waals surface area contributed by atoms with E-state index in [9.17, 15) is 22.4 Å². The molecule has 10 heteroatoms. The first-order valence-electron chi connectivity index (χ1n) is 10.7. The van der Waals surface area contributed by atoms with E-state index in [1.165, 1.54) is 23.4 Å². The third-order valence-corrected chi connectivity index (χ3v) is 7.40. The quantitative estimate of drug-likeness (QED) is 0.456. The number of carbonyl (C=O) groups is 2. The molecule has 1 heterocycles. The van der Waals surface area contributed by atoms with E-state index in [0.717, 1.165) is 6.07 Å². The number of rotatable bonds is 7. The van der Waals surface area contributed by atoms with E-state index in [1.54, 1.807) is 39.0 Å². The third kappa shape index (κ3) is 6.35. The molecule has 184 valence electrons. The van der Waals surface area contributed by atoms with Crippen LogP contribution in [0, 0.1) is 5.82 Å². The normalized spacial score (nSPS) is 15.9. The van der Waals surface area contributed by atoms with E-state index in [-0.39, 0.29) is 40.2 Å². The fourth-order valence-corrected chi connectivity index (χ4v) is 5.57. The van der Waals surface area contributed by atoms with Gasteiger partial charge in [0.25, 0.3) is 10.0 Å². The van der Waals surface area contributed by atoms with Crippen molar-refractivity contribution in [1.82, 2.24) is 0 Å². The number of halogens is 2. The Morgan fingerprint density at radius 1 is 1.21 bits per heavy atom. The molecule has 0 bridgehead atoms. The number of ether oxygens (including phenoxy) is 2. The van der Waals surface area contributed by atoms with Crippen molar-refractivity contribution in [3.63, 3.8) is 0 Å². The van der Waals surface area contributed by atoms with E-state index < -0.39 is 33.5 Å². The molecule has 0 amide bonds. The molecule has 2 aromatic rings. The monoisotopic (exact) mass is 555 g/mol. The number of hydrogen-bond acceptors (Lipinski definition) is 6. The van der Waals surface area contributed by atoms with Crippen LogP contribution in [0.2, 0.25) is 0 Å². The zero-order valence-corrected chi connectivity index (χ0v) is 21.8. The van der Waals surface area contributed by atoms with Crippen LogP contribution in [0.1, 0.15) is 46.1 Å². The lowest BCUT2D eigenvalue weighted by atomic mass is 10.1. The maximum atomic E-state index is 13.7. The van der Waals surface area contributed by atoms with E-state index in [1.807, 2.05) is 0 Å². The fourth-order valence-electron chi connectivity index (χ4n) is 3.52. The summed E-state index contributed by atoms with van der Waals surface area (Å²) < 4.78 is 53.5. The van der Waals surface area contributed by atoms with Gasteiger partial charge in [0, 0.05) is 6.42 Å². The number of fused-ring (bicyclic) bond motifs is 1. The second kappa shape index (κ2) is 10.0.